The van der Waals surface area contributed by atoms with Gasteiger partial charge in [0.05, 0.1) is 12.2 Å². The molecule has 0 heterocycles. The van der Waals surface area contributed by atoms with Crippen LogP contribution in [0.4, 0.5) is 19.3 Å². The summed E-state index contributed by atoms with van der Waals surface area (Å²) in [4.78, 5) is 11.6. The molecule has 0 fully saturated rings. The lowest BCUT2D eigenvalue weighted by Gasteiger charge is -2.10. The Morgan fingerprint density at radius 2 is 1.78 bits per heavy atom. The summed E-state index contributed by atoms with van der Waals surface area (Å²) in [5.41, 5.74) is 2.11. The topological polar surface area (TPSA) is 50.4 Å². The molecule has 0 aromatic heterocycles. The van der Waals surface area contributed by atoms with Crippen molar-refractivity contribution in [2.75, 3.05) is 18.5 Å². The molecule has 6 heteroatoms. The summed E-state index contributed by atoms with van der Waals surface area (Å²) in [6.07, 6.45) is 0. The zero-order valence-corrected chi connectivity index (χ0v) is 13.0. The van der Waals surface area contributed by atoms with Crippen molar-refractivity contribution in [3.05, 3.63) is 59.2 Å². The summed E-state index contributed by atoms with van der Waals surface area (Å²) in [5.74, 6) is -0.795. The highest BCUT2D eigenvalue weighted by Gasteiger charge is 2.07. The predicted octanol–water partition coefficient (Wildman–Crippen LogP) is 3.78. The number of halogens is 2. The van der Waals surface area contributed by atoms with Crippen molar-refractivity contribution in [1.29, 1.82) is 0 Å². The number of nitrogens with one attached hydrogen (secondary N) is 2. The molecule has 0 atom stereocenters. The van der Waals surface area contributed by atoms with E-state index in [-0.39, 0.29) is 18.8 Å². The number of hydrogen-bond acceptors (Lipinski definition) is 2. The largest absolute Gasteiger partial charge is 0.492 e. The van der Waals surface area contributed by atoms with Gasteiger partial charge in [0.15, 0.2) is 0 Å². The van der Waals surface area contributed by atoms with Crippen molar-refractivity contribution in [2.45, 2.75) is 13.8 Å². The van der Waals surface area contributed by atoms with Crippen LogP contribution in [-0.2, 0) is 0 Å². The van der Waals surface area contributed by atoms with Crippen LogP contribution < -0.4 is 15.4 Å². The molecule has 122 valence electrons. The smallest absolute Gasteiger partial charge is 0.319 e. The molecule has 2 amide bonds. The van der Waals surface area contributed by atoms with Crippen LogP contribution in [0, 0.1) is 25.5 Å². The van der Waals surface area contributed by atoms with Crippen molar-refractivity contribution in [1.82, 2.24) is 5.32 Å². The molecule has 0 saturated carbocycles. The van der Waals surface area contributed by atoms with Crippen LogP contribution in [0.5, 0.6) is 5.75 Å². The molecule has 2 rings (SSSR count). The van der Waals surface area contributed by atoms with Gasteiger partial charge in [-0.3, -0.25) is 0 Å². The first-order valence-corrected chi connectivity index (χ1v) is 7.15. The summed E-state index contributed by atoms with van der Waals surface area (Å²) in [6.45, 7) is 4.48. The van der Waals surface area contributed by atoms with Gasteiger partial charge in [-0.05, 0) is 49.2 Å². The second-order valence-electron chi connectivity index (χ2n) is 5.18. The summed E-state index contributed by atoms with van der Waals surface area (Å²) in [5, 5.41) is 4.84. The number of hydrogen-bond donors (Lipinski definition) is 2. The molecular weight excluding hydrogens is 302 g/mol. The molecule has 2 N–H and O–H groups in total. The van der Waals surface area contributed by atoms with Gasteiger partial charge in [-0.1, -0.05) is 6.07 Å². The van der Waals surface area contributed by atoms with Crippen LogP contribution in [0.15, 0.2) is 36.4 Å². The zero-order valence-electron chi connectivity index (χ0n) is 13.0. The Kier molecular flexibility index (Phi) is 5.51. The van der Waals surface area contributed by atoms with E-state index >= 15 is 0 Å². The molecule has 0 aliphatic heterocycles. The standard InChI is InChI=1S/C17H18F2N2O2/c1-11-7-12(2)9-14(8-11)23-6-5-20-17(22)21-16-4-3-13(18)10-15(16)19/h3-4,7-10H,5-6H2,1-2H3,(H2,20,21,22). The lowest BCUT2D eigenvalue weighted by atomic mass is 10.1. The molecule has 0 saturated heterocycles. The fourth-order valence-electron chi connectivity index (χ4n) is 2.11. The van der Waals surface area contributed by atoms with Crippen molar-refractivity contribution in [2.24, 2.45) is 0 Å². The Balaban J connectivity index is 1.76. The van der Waals surface area contributed by atoms with Crippen molar-refractivity contribution in [3.8, 4) is 5.75 Å². The maximum atomic E-state index is 13.4. The Hall–Kier alpha value is -2.63. The van der Waals surface area contributed by atoms with Crippen molar-refractivity contribution in [3.63, 3.8) is 0 Å². The van der Waals surface area contributed by atoms with E-state index in [0.717, 1.165) is 29.0 Å². The van der Waals surface area contributed by atoms with Crippen LogP contribution in [0.2, 0.25) is 0 Å². The number of carbonyl (C=O) groups excluding carboxylic acids is 1. The van der Waals surface area contributed by atoms with Crippen LogP contribution in [0.25, 0.3) is 0 Å². The first-order chi connectivity index (χ1) is 10.9. The molecule has 4 nitrogen and oxygen atoms in total. The van der Waals surface area contributed by atoms with E-state index in [1.54, 1.807) is 0 Å². The van der Waals surface area contributed by atoms with E-state index in [0.29, 0.717) is 6.07 Å². The van der Waals surface area contributed by atoms with E-state index in [2.05, 4.69) is 10.6 Å². The van der Waals surface area contributed by atoms with Gasteiger partial charge < -0.3 is 15.4 Å². The third-order valence-corrected chi connectivity index (χ3v) is 3.03. The first-order valence-electron chi connectivity index (χ1n) is 7.15. The molecule has 0 bridgehead atoms. The lowest BCUT2D eigenvalue weighted by molar-refractivity contribution is 0.247. The third kappa shape index (κ3) is 5.25. The summed E-state index contributed by atoms with van der Waals surface area (Å²) in [6, 6.07) is 8.20. The molecular formula is C17H18F2N2O2. The van der Waals surface area contributed by atoms with Gasteiger partial charge in [0.2, 0.25) is 0 Å². The monoisotopic (exact) mass is 320 g/mol. The maximum absolute atomic E-state index is 13.4. The minimum atomic E-state index is -0.827. The number of anilines is 1. The minimum Gasteiger partial charge on any atom is -0.492 e. The summed E-state index contributed by atoms with van der Waals surface area (Å²) in [7, 11) is 0. The molecule has 0 unspecified atom stereocenters. The zero-order chi connectivity index (χ0) is 16.8. The van der Waals surface area contributed by atoms with Crippen molar-refractivity contribution >= 4 is 11.7 Å². The van der Waals surface area contributed by atoms with E-state index in [1.807, 2.05) is 32.0 Å². The van der Waals surface area contributed by atoms with E-state index in [4.69, 9.17) is 4.74 Å². The lowest BCUT2D eigenvalue weighted by Crippen LogP contribution is -2.32. The van der Waals surface area contributed by atoms with E-state index < -0.39 is 17.7 Å². The highest BCUT2D eigenvalue weighted by atomic mass is 19.1. The fourth-order valence-corrected chi connectivity index (χ4v) is 2.11. The Labute approximate surface area is 133 Å². The number of urea groups is 1. The average Bonchev–Trinajstić information content (AvgIpc) is 2.46. The SMILES string of the molecule is Cc1cc(C)cc(OCCNC(=O)Nc2ccc(F)cc2F)c1. The van der Waals surface area contributed by atoms with Crippen LogP contribution >= 0.6 is 0 Å². The molecule has 0 spiro atoms. The molecule has 0 aliphatic carbocycles. The van der Waals surface area contributed by atoms with Gasteiger partial charge >= 0.3 is 6.03 Å². The Bertz CT molecular complexity index is 685. The highest BCUT2D eigenvalue weighted by Crippen LogP contribution is 2.16. The number of rotatable bonds is 5. The maximum Gasteiger partial charge on any atom is 0.319 e. The summed E-state index contributed by atoms with van der Waals surface area (Å²) < 4.78 is 31.7. The number of aryl methyl sites for hydroxylation is 2. The molecule has 2 aromatic carbocycles. The second kappa shape index (κ2) is 7.58. The van der Waals surface area contributed by atoms with Gasteiger partial charge in [-0.15, -0.1) is 0 Å². The van der Waals surface area contributed by atoms with Crippen LogP contribution in [-0.4, -0.2) is 19.2 Å². The Morgan fingerprint density at radius 3 is 2.43 bits per heavy atom. The number of carbonyl (C=O) groups is 1. The van der Waals surface area contributed by atoms with Gasteiger partial charge in [-0.2, -0.15) is 0 Å². The summed E-state index contributed by atoms with van der Waals surface area (Å²) >= 11 is 0. The third-order valence-electron chi connectivity index (χ3n) is 3.03. The van der Waals surface area contributed by atoms with Gasteiger partial charge in [0.25, 0.3) is 0 Å². The van der Waals surface area contributed by atoms with Gasteiger partial charge in [0.1, 0.15) is 24.0 Å². The van der Waals surface area contributed by atoms with Crippen LogP contribution in [0.1, 0.15) is 11.1 Å². The van der Waals surface area contributed by atoms with E-state index in [1.165, 1.54) is 0 Å². The minimum absolute atomic E-state index is 0.0841. The highest BCUT2D eigenvalue weighted by molar-refractivity contribution is 5.89. The Morgan fingerprint density at radius 1 is 1.09 bits per heavy atom. The van der Waals surface area contributed by atoms with Gasteiger partial charge in [0, 0.05) is 6.07 Å². The molecule has 0 aliphatic rings. The predicted molar refractivity (Wildman–Crippen MR) is 84.8 cm³/mol. The fraction of sp³-hybridized carbons (Fsp3) is 0.235. The average molecular weight is 320 g/mol. The van der Waals surface area contributed by atoms with Crippen LogP contribution in [0.3, 0.4) is 0 Å². The molecule has 0 radical (unpaired) electrons. The molecule has 23 heavy (non-hydrogen) atoms. The van der Waals surface area contributed by atoms with E-state index in [9.17, 15) is 13.6 Å². The van der Waals surface area contributed by atoms with Crippen molar-refractivity contribution < 1.29 is 18.3 Å². The number of ether oxygens (including phenoxy) is 1. The quantitative estimate of drug-likeness (QED) is 0.824. The normalized spacial score (nSPS) is 10.3. The van der Waals surface area contributed by atoms with Gasteiger partial charge in [-0.25, -0.2) is 13.6 Å². The molecule has 2 aromatic rings. The number of benzene rings is 2. The first kappa shape index (κ1) is 16.7. The second-order valence-corrected chi connectivity index (χ2v) is 5.18. The number of amides is 2.